The van der Waals surface area contributed by atoms with E-state index < -0.39 is 0 Å². The standard InChI is InChI=1S/C14H18N6O/c1-9(2)13-17-8-11(20-15)12(19-13)14(21)18-7-10-5-3-4-6-16-10/h3-6,8-9,20H,7,15H2,1-2H3,(H,18,21). The van der Waals surface area contributed by atoms with Crippen molar-refractivity contribution in [3.8, 4) is 0 Å². The minimum atomic E-state index is -0.321. The molecule has 7 nitrogen and oxygen atoms in total. The Bertz CT molecular complexity index is 614. The molecule has 4 N–H and O–H groups in total. The highest BCUT2D eigenvalue weighted by Crippen LogP contribution is 2.15. The van der Waals surface area contributed by atoms with Gasteiger partial charge in [0.25, 0.3) is 5.91 Å². The maximum atomic E-state index is 12.2. The number of hydrogen-bond acceptors (Lipinski definition) is 6. The molecule has 0 aromatic carbocycles. The molecule has 2 aromatic rings. The van der Waals surface area contributed by atoms with Crippen molar-refractivity contribution in [2.45, 2.75) is 26.3 Å². The van der Waals surface area contributed by atoms with E-state index in [4.69, 9.17) is 5.84 Å². The van der Waals surface area contributed by atoms with Gasteiger partial charge in [-0.2, -0.15) is 0 Å². The van der Waals surface area contributed by atoms with Gasteiger partial charge >= 0.3 is 0 Å². The normalized spacial score (nSPS) is 10.5. The molecule has 110 valence electrons. The van der Waals surface area contributed by atoms with Gasteiger partial charge in [0.05, 0.1) is 24.1 Å². The molecule has 0 saturated carbocycles. The number of rotatable bonds is 5. The number of carbonyl (C=O) groups is 1. The van der Waals surface area contributed by atoms with Crippen molar-refractivity contribution in [3.63, 3.8) is 0 Å². The number of pyridine rings is 1. The molecule has 0 bridgehead atoms. The second-order valence-electron chi connectivity index (χ2n) is 4.79. The molecule has 2 heterocycles. The summed E-state index contributed by atoms with van der Waals surface area (Å²) in [4.78, 5) is 24.8. The predicted molar refractivity (Wildman–Crippen MR) is 79.3 cm³/mol. The molecule has 0 unspecified atom stereocenters. The first-order valence-electron chi connectivity index (χ1n) is 6.63. The third-order valence-corrected chi connectivity index (χ3v) is 2.85. The van der Waals surface area contributed by atoms with Gasteiger partial charge in [-0.3, -0.25) is 15.6 Å². The van der Waals surface area contributed by atoms with Crippen molar-refractivity contribution in [3.05, 3.63) is 47.8 Å². The summed E-state index contributed by atoms with van der Waals surface area (Å²) in [6, 6.07) is 5.52. The molecule has 0 fully saturated rings. The molecule has 0 saturated heterocycles. The van der Waals surface area contributed by atoms with Crippen LogP contribution in [0.1, 0.15) is 41.8 Å². The number of carbonyl (C=O) groups excluding carboxylic acids is 1. The summed E-state index contributed by atoms with van der Waals surface area (Å²) in [7, 11) is 0. The van der Waals surface area contributed by atoms with Gasteiger partial charge in [0.2, 0.25) is 0 Å². The Morgan fingerprint density at radius 3 is 2.76 bits per heavy atom. The third kappa shape index (κ3) is 3.73. The van der Waals surface area contributed by atoms with Gasteiger partial charge in [0.1, 0.15) is 5.82 Å². The number of nitrogens with two attached hydrogens (primary N) is 1. The Morgan fingerprint density at radius 1 is 1.33 bits per heavy atom. The molecular weight excluding hydrogens is 268 g/mol. The smallest absolute Gasteiger partial charge is 0.272 e. The van der Waals surface area contributed by atoms with Crippen molar-refractivity contribution in [2.24, 2.45) is 5.84 Å². The first-order valence-corrected chi connectivity index (χ1v) is 6.63. The van der Waals surface area contributed by atoms with Crippen LogP contribution in [0.15, 0.2) is 30.6 Å². The summed E-state index contributed by atoms with van der Waals surface area (Å²) in [6.07, 6.45) is 3.19. The second-order valence-corrected chi connectivity index (χ2v) is 4.79. The van der Waals surface area contributed by atoms with Crippen molar-refractivity contribution in [1.82, 2.24) is 20.3 Å². The monoisotopic (exact) mass is 286 g/mol. The number of hydrogen-bond donors (Lipinski definition) is 3. The van der Waals surface area contributed by atoms with Crippen molar-refractivity contribution >= 4 is 11.6 Å². The van der Waals surface area contributed by atoms with Crippen LogP contribution in [0.4, 0.5) is 5.69 Å². The Labute approximate surface area is 123 Å². The van der Waals surface area contributed by atoms with E-state index >= 15 is 0 Å². The topological polar surface area (TPSA) is 106 Å². The van der Waals surface area contributed by atoms with E-state index in [1.165, 1.54) is 6.20 Å². The zero-order chi connectivity index (χ0) is 15.2. The zero-order valence-corrected chi connectivity index (χ0v) is 12.0. The van der Waals surface area contributed by atoms with Crippen LogP contribution < -0.4 is 16.6 Å². The highest BCUT2D eigenvalue weighted by atomic mass is 16.1. The average molecular weight is 286 g/mol. The van der Waals surface area contributed by atoms with Gasteiger partial charge < -0.3 is 10.7 Å². The minimum absolute atomic E-state index is 0.124. The highest BCUT2D eigenvalue weighted by Gasteiger charge is 2.16. The van der Waals surface area contributed by atoms with Crippen molar-refractivity contribution in [1.29, 1.82) is 0 Å². The lowest BCUT2D eigenvalue weighted by Gasteiger charge is -2.11. The van der Waals surface area contributed by atoms with E-state index in [2.05, 4.69) is 25.7 Å². The maximum Gasteiger partial charge on any atom is 0.272 e. The highest BCUT2D eigenvalue weighted by molar-refractivity contribution is 5.97. The lowest BCUT2D eigenvalue weighted by Crippen LogP contribution is -2.27. The fraction of sp³-hybridized carbons (Fsp3) is 0.286. The Balaban J connectivity index is 2.15. The van der Waals surface area contributed by atoms with E-state index in [-0.39, 0.29) is 17.5 Å². The first kappa shape index (κ1) is 14.9. The molecule has 0 spiro atoms. The SMILES string of the molecule is CC(C)c1ncc(NN)c(C(=O)NCc2ccccn2)n1. The van der Waals surface area contributed by atoms with Crippen LogP contribution >= 0.6 is 0 Å². The molecule has 0 aliphatic heterocycles. The summed E-state index contributed by atoms with van der Waals surface area (Å²) in [6.45, 7) is 4.24. The molecule has 0 aliphatic rings. The molecule has 2 aromatic heterocycles. The second kappa shape index (κ2) is 6.76. The van der Waals surface area contributed by atoms with E-state index in [0.717, 1.165) is 5.69 Å². The molecule has 2 rings (SSSR count). The number of nitrogen functional groups attached to an aromatic ring is 1. The summed E-state index contributed by atoms with van der Waals surface area (Å²) in [5.41, 5.74) is 3.82. The molecule has 0 aliphatic carbocycles. The van der Waals surface area contributed by atoms with E-state index in [9.17, 15) is 4.79 Å². The molecule has 7 heteroatoms. The van der Waals surface area contributed by atoms with E-state index in [0.29, 0.717) is 18.1 Å². The number of hydrazine groups is 1. The number of nitrogens with one attached hydrogen (secondary N) is 2. The van der Waals surface area contributed by atoms with Crippen LogP contribution in [0.2, 0.25) is 0 Å². The van der Waals surface area contributed by atoms with Crippen LogP contribution in [-0.2, 0) is 6.54 Å². The van der Waals surface area contributed by atoms with Crippen LogP contribution in [0.5, 0.6) is 0 Å². The lowest BCUT2D eigenvalue weighted by molar-refractivity contribution is 0.0945. The minimum Gasteiger partial charge on any atom is -0.345 e. The third-order valence-electron chi connectivity index (χ3n) is 2.85. The predicted octanol–water partition coefficient (Wildman–Crippen LogP) is 1.21. The molecule has 0 radical (unpaired) electrons. The lowest BCUT2D eigenvalue weighted by atomic mass is 10.2. The van der Waals surface area contributed by atoms with Gasteiger partial charge in [0, 0.05) is 12.1 Å². The maximum absolute atomic E-state index is 12.2. The molecule has 1 amide bonds. The quantitative estimate of drug-likeness (QED) is 0.563. The fourth-order valence-electron chi connectivity index (χ4n) is 1.71. The van der Waals surface area contributed by atoms with Crippen LogP contribution in [0.3, 0.4) is 0 Å². The summed E-state index contributed by atoms with van der Waals surface area (Å²) in [5, 5.41) is 2.77. The summed E-state index contributed by atoms with van der Waals surface area (Å²) >= 11 is 0. The summed E-state index contributed by atoms with van der Waals surface area (Å²) < 4.78 is 0. The van der Waals surface area contributed by atoms with Crippen LogP contribution in [0.25, 0.3) is 0 Å². The Morgan fingerprint density at radius 2 is 2.14 bits per heavy atom. The number of amides is 1. The Kier molecular flexibility index (Phi) is 4.78. The Hall–Kier alpha value is -2.54. The molecule has 21 heavy (non-hydrogen) atoms. The van der Waals surface area contributed by atoms with Gasteiger partial charge in [-0.05, 0) is 12.1 Å². The number of aromatic nitrogens is 3. The van der Waals surface area contributed by atoms with Crippen LogP contribution in [0, 0.1) is 0 Å². The van der Waals surface area contributed by atoms with E-state index in [1.807, 2.05) is 32.0 Å². The van der Waals surface area contributed by atoms with Crippen molar-refractivity contribution < 1.29 is 4.79 Å². The van der Waals surface area contributed by atoms with Gasteiger partial charge in [-0.1, -0.05) is 19.9 Å². The van der Waals surface area contributed by atoms with Gasteiger partial charge in [-0.15, -0.1) is 0 Å². The average Bonchev–Trinajstić information content (AvgIpc) is 2.52. The number of anilines is 1. The first-order chi connectivity index (χ1) is 10.1. The number of nitrogens with zero attached hydrogens (tertiary/aromatic N) is 3. The molecule has 0 atom stereocenters. The van der Waals surface area contributed by atoms with Gasteiger partial charge in [-0.25, -0.2) is 9.97 Å². The van der Waals surface area contributed by atoms with E-state index in [1.54, 1.807) is 6.20 Å². The zero-order valence-electron chi connectivity index (χ0n) is 12.0. The summed E-state index contributed by atoms with van der Waals surface area (Å²) in [5.74, 6) is 5.80. The molecular formula is C14H18N6O. The van der Waals surface area contributed by atoms with Gasteiger partial charge in [0.15, 0.2) is 5.69 Å². The largest absolute Gasteiger partial charge is 0.345 e. The fourth-order valence-corrected chi connectivity index (χ4v) is 1.71. The van der Waals surface area contributed by atoms with Crippen LogP contribution in [-0.4, -0.2) is 20.9 Å². The van der Waals surface area contributed by atoms with Crippen molar-refractivity contribution in [2.75, 3.05) is 5.43 Å².